The predicted molar refractivity (Wildman–Crippen MR) is 126 cm³/mol. The number of hydrogen-bond donors (Lipinski definition) is 1. The zero-order chi connectivity index (χ0) is 23.1. The lowest BCUT2D eigenvalue weighted by Gasteiger charge is -2.25. The maximum absolute atomic E-state index is 13.4. The summed E-state index contributed by atoms with van der Waals surface area (Å²) in [7, 11) is -2.45. The van der Waals surface area contributed by atoms with Crippen LogP contribution in [-0.2, 0) is 14.8 Å². The Kier molecular flexibility index (Phi) is 7.53. The average molecular weight is 453 g/mol. The molecule has 3 rings (SSSR count). The largest absolute Gasteiger partial charge is 0.497 e. The third-order valence-corrected chi connectivity index (χ3v) is 6.99. The first-order valence-corrected chi connectivity index (χ1v) is 11.9. The number of anilines is 1. The number of hydrogen-bond acceptors (Lipinski definition) is 4. The van der Waals surface area contributed by atoms with Crippen LogP contribution < -0.4 is 14.4 Å². The molecule has 0 saturated carbocycles. The highest BCUT2D eigenvalue weighted by atomic mass is 32.2. The molecule has 0 saturated heterocycles. The Balaban J connectivity index is 1.87. The van der Waals surface area contributed by atoms with Crippen LogP contribution in [0.25, 0.3) is 0 Å². The van der Waals surface area contributed by atoms with Gasteiger partial charge in [0.2, 0.25) is 5.91 Å². The Bertz CT molecular complexity index is 1130. The quantitative estimate of drug-likeness (QED) is 0.520. The van der Waals surface area contributed by atoms with Crippen LogP contribution in [0.4, 0.5) is 5.69 Å². The van der Waals surface area contributed by atoms with Gasteiger partial charge in [0.25, 0.3) is 10.0 Å². The fourth-order valence-corrected chi connectivity index (χ4v) is 4.80. The van der Waals surface area contributed by atoms with E-state index in [1.165, 1.54) is 19.2 Å². The highest BCUT2D eigenvalue weighted by Crippen LogP contribution is 2.25. The number of benzene rings is 3. The SMILES string of the molecule is CCC(NC(=O)CN(c1ccccc1)S(=O)(=O)c1ccc(OC)cc1)c1ccc(C)cc1. The number of carbonyl (C=O) groups is 1. The Morgan fingerprint density at radius 3 is 2.16 bits per heavy atom. The lowest BCUT2D eigenvalue weighted by molar-refractivity contribution is -0.120. The number of methoxy groups -OCH3 is 1. The number of aryl methyl sites for hydroxylation is 1. The second-order valence-corrected chi connectivity index (χ2v) is 9.32. The lowest BCUT2D eigenvalue weighted by Crippen LogP contribution is -2.42. The van der Waals surface area contributed by atoms with Crippen LogP contribution >= 0.6 is 0 Å². The summed E-state index contributed by atoms with van der Waals surface area (Å²) in [6.45, 7) is 3.65. The highest BCUT2D eigenvalue weighted by molar-refractivity contribution is 7.92. The van der Waals surface area contributed by atoms with Gasteiger partial charge in [-0.05, 0) is 55.3 Å². The van der Waals surface area contributed by atoms with Gasteiger partial charge in [-0.3, -0.25) is 9.10 Å². The Morgan fingerprint density at radius 2 is 1.59 bits per heavy atom. The van der Waals surface area contributed by atoms with Crippen molar-refractivity contribution in [3.63, 3.8) is 0 Å². The summed E-state index contributed by atoms with van der Waals surface area (Å²) in [5.41, 5.74) is 2.54. The minimum absolute atomic E-state index is 0.0838. The average Bonchev–Trinajstić information content (AvgIpc) is 2.82. The van der Waals surface area contributed by atoms with Crippen LogP contribution in [0, 0.1) is 6.92 Å². The van der Waals surface area contributed by atoms with Gasteiger partial charge in [0, 0.05) is 0 Å². The molecule has 1 unspecified atom stereocenters. The molecule has 7 heteroatoms. The Hall–Kier alpha value is -3.32. The van der Waals surface area contributed by atoms with Gasteiger partial charge in [0.05, 0.1) is 23.7 Å². The molecular weight excluding hydrogens is 424 g/mol. The van der Waals surface area contributed by atoms with E-state index < -0.39 is 10.0 Å². The van der Waals surface area contributed by atoms with E-state index in [0.29, 0.717) is 17.9 Å². The number of rotatable bonds is 9. The smallest absolute Gasteiger partial charge is 0.264 e. The second kappa shape index (κ2) is 10.3. The molecule has 0 spiro atoms. The summed E-state index contributed by atoms with van der Waals surface area (Å²) in [5.74, 6) is 0.176. The van der Waals surface area contributed by atoms with Crippen LogP contribution in [0.5, 0.6) is 5.75 Å². The fraction of sp³-hybridized carbons (Fsp3) is 0.240. The zero-order valence-electron chi connectivity index (χ0n) is 18.5. The van der Waals surface area contributed by atoms with Crippen molar-refractivity contribution in [2.75, 3.05) is 18.0 Å². The summed E-state index contributed by atoms with van der Waals surface area (Å²) in [6, 6.07) is 22.5. The van der Waals surface area contributed by atoms with E-state index in [9.17, 15) is 13.2 Å². The zero-order valence-corrected chi connectivity index (χ0v) is 19.3. The molecular formula is C25H28N2O4S. The van der Waals surface area contributed by atoms with Crippen molar-refractivity contribution in [1.82, 2.24) is 5.32 Å². The molecule has 0 aliphatic heterocycles. The van der Waals surface area contributed by atoms with Crippen molar-refractivity contribution in [2.45, 2.75) is 31.2 Å². The van der Waals surface area contributed by atoms with Gasteiger partial charge < -0.3 is 10.1 Å². The van der Waals surface area contributed by atoms with E-state index in [1.54, 1.807) is 42.5 Å². The summed E-state index contributed by atoms with van der Waals surface area (Å²) in [6.07, 6.45) is 0.686. The van der Waals surface area contributed by atoms with Crippen molar-refractivity contribution >= 4 is 21.6 Å². The maximum Gasteiger partial charge on any atom is 0.264 e. The van der Waals surface area contributed by atoms with Crippen LogP contribution in [0.3, 0.4) is 0 Å². The van der Waals surface area contributed by atoms with Gasteiger partial charge in [-0.25, -0.2) is 8.42 Å². The van der Waals surface area contributed by atoms with Gasteiger partial charge in [0.1, 0.15) is 12.3 Å². The number of nitrogens with zero attached hydrogens (tertiary/aromatic N) is 1. The van der Waals surface area contributed by atoms with E-state index in [2.05, 4.69) is 5.32 Å². The number of para-hydroxylation sites is 1. The molecule has 0 fully saturated rings. The summed E-state index contributed by atoms with van der Waals surface area (Å²) in [4.78, 5) is 13.1. The molecule has 32 heavy (non-hydrogen) atoms. The second-order valence-electron chi connectivity index (χ2n) is 7.46. The topological polar surface area (TPSA) is 75.7 Å². The van der Waals surface area contributed by atoms with Crippen LogP contribution in [0.15, 0.2) is 83.8 Å². The van der Waals surface area contributed by atoms with E-state index in [0.717, 1.165) is 15.4 Å². The van der Waals surface area contributed by atoms with Gasteiger partial charge in [-0.1, -0.05) is 55.0 Å². The molecule has 0 bridgehead atoms. The number of carbonyl (C=O) groups excluding carboxylic acids is 1. The van der Waals surface area contributed by atoms with Crippen molar-refractivity contribution in [1.29, 1.82) is 0 Å². The van der Waals surface area contributed by atoms with Gasteiger partial charge in [-0.2, -0.15) is 0 Å². The van der Waals surface area contributed by atoms with Crippen molar-refractivity contribution in [2.24, 2.45) is 0 Å². The van der Waals surface area contributed by atoms with Gasteiger partial charge in [-0.15, -0.1) is 0 Å². The van der Waals surface area contributed by atoms with Crippen molar-refractivity contribution < 1.29 is 17.9 Å². The fourth-order valence-electron chi connectivity index (χ4n) is 3.37. The third-order valence-electron chi connectivity index (χ3n) is 5.20. The predicted octanol–water partition coefficient (Wildman–Crippen LogP) is 4.47. The molecule has 0 aliphatic carbocycles. The van der Waals surface area contributed by atoms with E-state index in [1.807, 2.05) is 38.1 Å². The first kappa shape index (κ1) is 23.3. The van der Waals surface area contributed by atoms with E-state index in [-0.39, 0.29) is 23.4 Å². The molecule has 1 N–H and O–H groups in total. The van der Waals surface area contributed by atoms with Crippen molar-refractivity contribution in [3.05, 3.63) is 90.0 Å². The van der Waals surface area contributed by atoms with Gasteiger partial charge >= 0.3 is 0 Å². The summed E-state index contributed by atoms with van der Waals surface area (Å²) in [5, 5.41) is 2.98. The minimum Gasteiger partial charge on any atom is -0.497 e. The molecule has 0 aliphatic rings. The third kappa shape index (κ3) is 5.48. The molecule has 168 valence electrons. The first-order valence-electron chi connectivity index (χ1n) is 10.4. The number of amides is 1. The lowest BCUT2D eigenvalue weighted by atomic mass is 10.0. The monoisotopic (exact) mass is 452 g/mol. The molecule has 6 nitrogen and oxygen atoms in total. The number of nitrogens with one attached hydrogen (secondary N) is 1. The Labute approximate surface area is 189 Å². The van der Waals surface area contributed by atoms with Crippen LogP contribution in [0.2, 0.25) is 0 Å². The first-order chi connectivity index (χ1) is 15.3. The molecule has 0 heterocycles. The van der Waals surface area contributed by atoms with Gasteiger partial charge in [0.15, 0.2) is 0 Å². The standard InChI is InChI=1S/C25H28N2O4S/c1-4-24(20-12-10-19(2)11-13-20)26-25(28)18-27(21-8-6-5-7-9-21)32(29,30)23-16-14-22(31-3)15-17-23/h5-17,24H,4,18H2,1-3H3,(H,26,28). The van der Waals surface area contributed by atoms with E-state index >= 15 is 0 Å². The molecule has 0 radical (unpaired) electrons. The van der Waals surface area contributed by atoms with E-state index in [4.69, 9.17) is 4.74 Å². The normalized spacial score (nSPS) is 12.1. The number of sulfonamides is 1. The van der Waals surface area contributed by atoms with Crippen LogP contribution in [0.1, 0.15) is 30.5 Å². The molecule has 0 aromatic heterocycles. The molecule has 3 aromatic rings. The molecule has 3 aromatic carbocycles. The molecule has 1 atom stereocenters. The number of ether oxygens (including phenoxy) is 1. The van der Waals surface area contributed by atoms with Crippen molar-refractivity contribution in [3.8, 4) is 5.75 Å². The Morgan fingerprint density at radius 1 is 0.969 bits per heavy atom. The van der Waals surface area contributed by atoms with Crippen LogP contribution in [-0.4, -0.2) is 28.0 Å². The summed E-state index contributed by atoms with van der Waals surface area (Å²) < 4.78 is 33.1. The minimum atomic E-state index is -3.97. The molecule has 1 amide bonds. The highest BCUT2D eigenvalue weighted by Gasteiger charge is 2.28. The summed E-state index contributed by atoms with van der Waals surface area (Å²) >= 11 is 0. The maximum atomic E-state index is 13.4.